The molecule has 1 aromatic rings. The summed E-state index contributed by atoms with van der Waals surface area (Å²) in [5.74, 6) is 0. The van der Waals surface area contributed by atoms with Crippen molar-refractivity contribution in [3.8, 4) is 0 Å². The first-order valence-corrected chi connectivity index (χ1v) is 4.03. The van der Waals surface area contributed by atoms with Crippen molar-refractivity contribution in [2.75, 3.05) is 0 Å². The van der Waals surface area contributed by atoms with Gasteiger partial charge in [-0.25, -0.2) is 0 Å². The Hall–Kier alpha value is 0.220. The Morgan fingerprint density at radius 1 is 0.818 bits per heavy atom. The van der Waals surface area contributed by atoms with Crippen LogP contribution >= 0.6 is 0 Å². The van der Waals surface area contributed by atoms with Crippen LogP contribution < -0.4 is 0 Å². The molecular weight excluding hydrogens is 143 g/mol. The van der Waals surface area contributed by atoms with Gasteiger partial charge < -0.3 is 0 Å². The Bertz CT molecular complexity index is 205. The fourth-order valence-electron chi connectivity index (χ4n) is 1.68. The predicted octanol–water partition coefficient (Wildman–Crippen LogP) is 2.18. The molecular formula is C10H12Na. The van der Waals surface area contributed by atoms with E-state index in [0.29, 0.717) is 0 Å². The third-order valence-corrected chi connectivity index (χ3v) is 2.26. The van der Waals surface area contributed by atoms with Crippen molar-refractivity contribution in [3.63, 3.8) is 0 Å². The average molecular weight is 155 g/mol. The summed E-state index contributed by atoms with van der Waals surface area (Å²) < 4.78 is 0. The molecule has 1 aromatic carbocycles. The summed E-state index contributed by atoms with van der Waals surface area (Å²) in [6.07, 6.45) is 5.38. The van der Waals surface area contributed by atoms with Crippen LogP contribution in [0.1, 0.15) is 24.0 Å². The van der Waals surface area contributed by atoms with Crippen LogP contribution in [0.2, 0.25) is 0 Å². The topological polar surface area (TPSA) is 0 Å². The molecule has 0 nitrogen and oxygen atoms in total. The van der Waals surface area contributed by atoms with Gasteiger partial charge in [-0.3, -0.25) is 0 Å². The fraction of sp³-hybridized carbons (Fsp3) is 0.400. The standard InChI is InChI=1S/C10H12.Na/c1-2-6-10-8-4-3-7-9(10)5-1;/h1-2,5-6H,3-4,7-8H2;. The molecule has 0 unspecified atom stereocenters. The van der Waals surface area contributed by atoms with E-state index in [-0.39, 0.29) is 29.6 Å². The minimum Gasteiger partial charge on any atom is -0.0620 e. The maximum Gasteiger partial charge on any atom is 0 e. The van der Waals surface area contributed by atoms with Crippen molar-refractivity contribution in [1.82, 2.24) is 0 Å². The van der Waals surface area contributed by atoms with Crippen LogP contribution in [0, 0.1) is 0 Å². The molecule has 0 atom stereocenters. The minimum atomic E-state index is 0. The summed E-state index contributed by atoms with van der Waals surface area (Å²) in [5, 5.41) is 0. The van der Waals surface area contributed by atoms with Gasteiger partial charge in [0, 0.05) is 29.6 Å². The van der Waals surface area contributed by atoms with Gasteiger partial charge in [0.15, 0.2) is 0 Å². The number of hydrogen-bond donors (Lipinski definition) is 0. The molecule has 0 bridgehead atoms. The van der Waals surface area contributed by atoms with E-state index in [2.05, 4.69) is 24.3 Å². The van der Waals surface area contributed by atoms with Crippen LogP contribution in [0.15, 0.2) is 24.3 Å². The molecule has 1 aliphatic carbocycles. The Morgan fingerprint density at radius 2 is 1.27 bits per heavy atom. The van der Waals surface area contributed by atoms with Gasteiger partial charge in [0.05, 0.1) is 0 Å². The van der Waals surface area contributed by atoms with Crippen LogP contribution in [0.25, 0.3) is 0 Å². The molecule has 0 fully saturated rings. The SMILES string of the molecule is [Na].c1ccc2c(c1)CCCC2. The Morgan fingerprint density at radius 3 is 1.73 bits per heavy atom. The number of aryl methyl sites for hydroxylation is 2. The molecule has 1 heteroatoms. The summed E-state index contributed by atoms with van der Waals surface area (Å²) in [6.45, 7) is 0. The zero-order chi connectivity index (χ0) is 6.81. The van der Waals surface area contributed by atoms with Gasteiger partial charge in [-0.1, -0.05) is 24.3 Å². The maximum atomic E-state index is 2.26. The first-order valence-electron chi connectivity index (χ1n) is 4.03. The van der Waals surface area contributed by atoms with E-state index in [1.54, 1.807) is 11.1 Å². The summed E-state index contributed by atoms with van der Waals surface area (Å²) in [6, 6.07) is 8.80. The predicted molar refractivity (Wildman–Crippen MR) is 48.8 cm³/mol. The minimum absolute atomic E-state index is 0. The molecule has 1 radical (unpaired) electrons. The zero-order valence-electron chi connectivity index (χ0n) is 7.14. The molecule has 0 aliphatic heterocycles. The molecule has 11 heavy (non-hydrogen) atoms. The van der Waals surface area contributed by atoms with E-state index in [9.17, 15) is 0 Å². The summed E-state index contributed by atoms with van der Waals surface area (Å²) in [7, 11) is 0. The van der Waals surface area contributed by atoms with Crippen molar-refractivity contribution in [1.29, 1.82) is 0 Å². The number of rotatable bonds is 0. The second-order valence-corrected chi connectivity index (χ2v) is 2.98. The van der Waals surface area contributed by atoms with Crippen LogP contribution in [0.5, 0.6) is 0 Å². The number of fused-ring (bicyclic) bond motifs is 1. The normalized spacial score (nSPS) is 14.9. The molecule has 1 aliphatic rings. The van der Waals surface area contributed by atoms with Gasteiger partial charge in [0.2, 0.25) is 0 Å². The van der Waals surface area contributed by atoms with Gasteiger partial charge in [-0.05, 0) is 36.8 Å². The van der Waals surface area contributed by atoms with Crippen LogP contribution in [-0.4, -0.2) is 29.6 Å². The van der Waals surface area contributed by atoms with Crippen LogP contribution in [0.3, 0.4) is 0 Å². The molecule has 0 saturated heterocycles. The Balaban J connectivity index is 0.000000605. The van der Waals surface area contributed by atoms with Crippen molar-refractivity contribution >= 4 is 29.6 Å². The van der Waals surface area contributed by atoms with E-state index in [4.69, 9.17) is 0 Å². The fourth-order valence-corrected chi connectivity index (χ4v) is 1.68. The second kappa shape index (κ2) is 4.30. The molecule has 0 N–H and O–H groups in total. The quantitative estimate of drug-likeness (QED) is 0.504. The number of hydrogen-bond acceptors (Lipinski definition) is 0. The van der Waals surface area contributed by atoms with Gasteiger partial charge >= 0.3 is 0 Å². The largest absolute Gasteiger partial charge is 0.0620 e. The van der Waals surface area contributed by atoms with Crippen molar-refractivity contribution in [2.45, 2.75) is 25.7 Å². The third kappa shape index (κ3) is 2.08. The van der Waals surface area contributed by atoms with Crippen LogP contribution in [-0.2, 0) is 12.8 Å². The Labute approximate surface area is 90.3 Å². The summed E-state index contributed by atoms with van der Waals surface area (Å²) in [5.41, 5.74) is 3.16. The maximum absolute atomic E-state index is 2.26. The van der Waals surface area contributed by atoms with Gasteiger partial charge in [-0.2, -0.15) is 0 Å². The average Bonchev–Trinajstić information content (AvgIpc) is 2.05. The van der Waals surface area contributed by atoms with Gasteiger partial charge in [0.25, 0.3) is 0 Å². The molecule has 0 spiro atoms. The van der Waals surface area contributed by atoms with Gasteiger partial charge in [-0.15, -0.1) is 0 Å². The van der Waals surface area contributed by atoms with E-state index in [1.807, 2.05) is 0 Å². The molecule has 2 rings (SSSR count). The first kappa shape index (κ1) is 9.31. The monoisotopic (exact) mass is 155 g/mol. The van der Waals surface area contributed by atoms with E-state index >= 15 is 0 Å². The molecule has 0 amide bonds. The Kier molecular flexibility index (Phi) is 3.64. The molecule has 0 aromatic heterocycles. The summed E-state index contributed by atoms with van der Waals surface area (Å²) >= 11 is 0. The van der Waals surface area contributed by atoms with Crippen molar-refractivity contribution < 1.29 is 0 Å². The van der Waals surface area contributed by atoms with Crippen molar-refractivity contribution in [3.05, 3.63) is 35.4 Å². The third-order valence-electron chi connectivity index (χ3n) is 2.26. The van der Waals surface area contributed by atoms with Gasteiger partial charge in [0.1, 0.15) is 0 Å². The zero-order valence-corrected chi connectivity index (χ0v) is 9.14. The molecule has 0 saturated carbocycles. The smallest absolute Gasteiger partial charge is 0 e. The summed E-state index contributed by atoms with van der Waals surface area (Å²) in [4.78, 5) is 0. The molecule has 53 valence electrons. The van der Waals surface area contributed by atoms with E-state index in [1.165, 1.54) is 25.7 Å². The van der Waals surface area contributed by atoms with Crippen molar-refractivity contribution in [2.24, 2.45) is 0 Å². The first-order chi connectivity index (χ1) is 4.97. The second-order valence-electron chi connectivity index (χ2n) is 2.98. The van der Waals surface area contributed by atoms with E-state index in [0.717, 1.165) is 0 Å². The molecule has 0 heterocycles. The number of benzene rings is 1. The van der Waals surface area contributed by atoms with E-state index < -0.39 is 0 Å². The van der Waals surface area contributed by atoms with Crippen LogP contribution in [0.4, 0.5) is 0 Å².